The molecule has 0 radical (unpaired) electrons. The van der Waals surface area contributed by atoms with Crippen LogP contribution in [0, 0.1) is 0 Å². The number of methoxy groups -OCH3 is 1. The van der Waals surface area contributed by atoms with Gasteiger partial charge in [-0.15, -0.1) is 0 Å². The van der Waals surface area contributed by atoms with Crippen molar-refractivity contribution in [2.75, 3.05) is 25.6 Å². The van der Waals surface area contributed by atoms with E-state index in [0.717, 1.165) is 12.8 Å². The minimum Gasteiger partial charge on any atom is -0.497 e. The summed E-state index contributed by atoms with van der Waals surface area (Å²) in [7, 11) is 1.55. The van der Waals surface area contributed by atoms with Gasteiger partial charge in [-0.1, -0.05) is 19.4 Å². The summed E-state index contributed by atoms with van der Waals surface area (Å²) in [4.78, 5) is 35.9. The van der Waals surface area contributed by atoms with Crippen LogP contribution >= 0.6 is 0 Å². The van der Waals surface area contributed by atoms with Crippen LogP contribution in [0.25, 0.3) is 0 Å². The summed E-state index contributed by atoms with van der Waals surface area (Å²) in [5.74, 6) is -0.227. The normalized spacial score (nSPS) is 11.2. The molecule has 0 fully saturated rings. The van der Waals surface area contributed by atoms with E-state index in [0.29, 0.717) is 17.2 Å². The van der Waals surface area contributed by atoms with E-state index in [1.54, 1.807) is 43.5 Å². The van der Waals surface area contributed by atoms with Crippen molar-refractivity contribution in [1.29, 1.82) is 0 Å². The Hall–Kier alpha value is -3.55. The maximum atomic E-state index is 12.1. The zero-order valence-corrected chi connectivity index (χ0v) is 18.0. The summed E-state index contributed by atoms with van der Waals surface area (Å²) in [6.07, 6.45) is 1.82. The number of anilines is 1. The molecule has 0 aromatic heterocycles. The molecule has 0 saturated heterocycles. The maximum absolute atomic E-state index is 12.1. The SMILES string of the molecule is CCCC(C)NC(=O)COC(=O)c1ccc(OCC(=O)Nc2cccc(OC)c2)cc1. The van der Waals surface area contributed by atoms with Crippen molar-refractivity contribution >= 4 is 23.5 Å². The van der Waals surface area contributed by atoms with Gasteiger partial charge in [-0.25, -0.2) is 4.79 Å². The topological polar surface area (TPSA) is 103 Å². The number of amides is 2. The molecule has 0 aliphatic heterocycles. The maximum Gasteiger partial charge on any atom is 0.338 e. The molecular weight excluding hydrogens is 400 g/mol. The molecule has 0 aliphatic carbocycles. The lowest BCUT2D eigenvalue weighted by Crippen LogP contribution is -2.35. The lowest BCUT2D eigenvalue weighted by molar-refractivity contribution is -0.124. The fourth-order valence-electron chi connectivity index (χ4n) is 2.77. The van der Waals surface area contributed by atoms with Crippen molar-refractivity contribution in [1.82, 2.24) is 5.32 Å². The molecule has 166 valence electrons. The molecule has 0 heterocycles. The predicted octanol–water partition coefficient (Wildman–Crippen LogP) is 3.17. The van der Waals surface area contributed by atoms with Gasteiger partial charge in [0.1, 0.15) is 11.5 Å². The van der Waals surface area contributed by atoms with Crippen molar-refractivity contribution in [2.45, 2.75) is 32.7 Å². The standard InChI is InChI=1S/C23H28N2O6/c1-4-6-16(2)24-21(26)15-31-23(28)17-9-11-19(12-10-17)30-14-22(27)25-18-7-5-8-20(13-18)29-3/h5,7-13,16H,4,6,14-15H2,1-3H3,(H,24,26)(H,25,27). The first-order chi connectivity index (χ1) is 14.9. The number of carbonyl (C=O) groups excluding carboxylic acids is 3. The number of benzene rings is 2. The van der Waals surface area contributed by atoms with E-state index in [4.69, 9.17) is 14.2 Å². The summed E-state index contributed by atoms with van der Waals surface area (Å²) < 4.78 is 15.6. The molecule has 2 rings (SSSR count). The number of ether oxygens (including phenoxy) is 3. The Morgan fingerprint density at radius 2 is 1.71 bits per heavy atom. The molecule has 1 unspecified atom stereocenters. The number of carbonyl (C=O) groups is 3. The molecular formula is C23H28N2O6. The van der Waals surface area contributed by atoms with Gasteiger partial charge in [-0.3, -0.25) is 9.59 Å². The van der Waals surface area contributed by atoms with Gasteiger partial charge < -0.3 is 24.8 Å². The van der Waals surface area contributed by atoms with Crippen molar-refractivity contribution in [3.8, 4) is 11.5 Å². The molecule has 2 aromatic rings. The Bertz CT molecular complexity index is 882. The Morgan fingerprint density at radius 1 is 0.968 bits per heavy atom. The molecule has 8 heteroatoms. The first-order valence-electron chi connectivity index (χ1n) is 10.0. The largest absolute Gasteiger partial charge is 0.497 e. The van der Waals surface area contributed by atoms with E-state index in [9.17, 15) is 14.4 Å². The molecule has 8 nitrogen and oxygen atoms in total. The van der Waals surface area contributed by atoms with Gasteiger partial charge in [-0.05, 0) is 49.7 Å². The van der Waals surface area contributed by atoms with E-state index in [-0.39, 0.29) is 36.6 Å². The summed E-state index contributed by atoms with van der Waals surface area (Å²) in [6, 6.07) is 13.1. The zero-order chi connectivity index (χ0) is 22.6. The van der Waals surface area contributed by atoms with Gasteiger partial charge >= 0.3 is 5.97 Å². The Balaban J connectivity index is 1.77. The number of esters is 1. The molecule has 0 bridgehead atoms. The van der Waals surface area contributed by atoms with E-state index in [2.05, 4.69) is 10.6 Å². The van der Waals surface area contributed by atoms with Crippen LogP contribution < -0.4 is 20.1 Å². The second kappa shape index (κ2) is 12.2. The number of rotatable bonds is 11. The van der Waals surface area contributed by atoms with Crippen LogP contribution in [-0.2, 0) is 14.3 Å². The number of nitrogens with one attached hydrogen (secondary N) is 2. The smallest absolute Gasteiger partial charge is 0.338 e. The second-order valence-electron chi connectivity index (χ2n) is 6.93. The van der Waals surface area contributed by atoms with Gasteiger partial charge in [-0.2, -0.15) is 0 Å². The van der Waals surface area contributed by atoms with Crippen LogP contribution in [0.4, 0.5) is 5.69 Å². The fourth-order valence-corrected chi connectivity index (χ4v) is 2.77. The molecule has 1 atom stereocenters. The Labute approximate surface area is 181 Å². The highest BCUT2D eigenvalue weighted by molar-refractivity contribution is 5.92. The van der Waals surface area contributed by atoms with Gasteiger partial charge in [0.2, 0.25) is 0 Å². The highest BCUT2D eigenvalue weighted by Gasteiger charge is 2.12. The predicted molar refractivity (Wildman–Crippen MR) is 116 cm³/mol. The lowest BCUT2D eigenvalue weighted by Gasteiger charge is -2.12. The molecule has 0 aliphatic rings. The molecule has 2 amide bonds. The van der Waals surface area contributed by atoms with Crippen molar-refractivity contribution in [3.05, 3.63) is 54.1 Å². The van der Waals surface area contributed by atoms with Crippen LogP contribution in [0.15, 0.2) is 48.5 Å². The summed E-state index contributed by atoms with van der Waals surface area (Å²) in [6.45, 7) is 3.40. The minimum atomic E-state index is -0.611. The third-order valence-electron chi connectivity index (χ3n) is 4.28. The average molecular weight is 428 g/mol. The van der Waals surface area contributed by atoms with Crippen molar-refractivity contribution in [2.24, 2.45) is 0 Å². The first-order valence-corrected chi connectivity index (χ1v) is 10.0. The van der Waals surface area contributed by atoms with Gasteiger partial charge in [0.05, 0.1) is 12.7 Å². The summed E-state index contributed by atoms with van der Waals surface area (Å²) >= 11 is 0. The lowest BCUT2D eigenvalue weighted by atomic mass is 10.2. The van der Waals surface area contributed by atoms with E-state index in [1.165, 1.54) is 12.1 Å². The van der Waals surface area contributed by atoms with Crippen LogP contribution in [0.1, 0.15) is 37.0 Å². The zero-order valence-electron chi connectivity index (χ0n) is 18.0. The quantitative estimate of drug-likeness (QED) is 0.533. The molecule has 0 spiro atoms. The highest BCUT2D eigenvalue weighted by atomic mass is 16.5. The third-order valence-corrected chi connectivity index (χ3v) is 4.28. The third kappa shape index (κ3) is 8.38. The average Bonchev–Trinajstić information content (AvgIpc) is 2.76. The van der Waals surface area contributed by atoms with Crippen LogP contribution in [-0.4, -0.2) is 44.1 Å². The van der Waals surface area contributed by atoms with Gasteiger partial charge in [0, 0.05) is 17.8 Å². The summed E-state index contributed by atoms with van der Waals surface area (Å²) in [5.41, 5.74) is 0.877. The fraction of sp³-hybridized carbons (Fsp3) is 0.348. The number of hydrogen-bond acceptors (Lipinski definition) is 6. The first kappa shape index (κ1) is 23.7. The summed E-state index contributed by atoms with van der Waals surface area (Å²) in [5, 5.41) is 5.48. The van der Waals surface area contributed by atoms with E-state index in [1.807, 2.05) is 13.8 Å². The Kier molecular flexibility index (Phi) is 9.35. The van der Waals surface area contributed by atoms with E-state index >= 15 is 0 Å². The molecule has 0 saturated carbocycles. The van der Waals surface area contributed by atoms with Crippen LogP contribution in [0.2, 0.25) is 0 Å². The van der Waals surface area contributed by atoms with Gasteiger partial charge in [0.15, 0.2) is 13.2 Å². The van der Waals surface area contributed by atoms with Crippen molar-refractivity contribution in [3.63, 3.8) is 0 Å². The highest BCUT2D eigenvalue weighted by Crippen LogP contribution is 2.17. The van der Waals surface area contributed by atoms with Crippen LogP contribution in [0.5, 0.6) is 11.5 Å². The second-order valence-corrected chi connectivity index (χ2v) is 6.93. The minimum absolute atomic E-state index is 0.0359. The monoisotopic (exact) mass is 428 g/mol. The van der Waals surface area contributed by atoms with Crippen molar-refractivity contribution < 1.29 is 28.6 Å². The molecule has 2 aromatic carbocycles. The number of hydrogen-bond donors (Lipinski definition) is 2. The van der Waals surface area contributed by atoms with E-state index < -0.39 is 5.97 Å². The van der Waals surface area contributed by atoms with Gasteiger partial charge in [0.25, 0.3) is 11.8 Å². The van der Waals surface area contributed by atoms with Crippen LogP contribution in [0.3, 0.4) is 0 Å². The Morgan fingerprint density at radius 3 is 2.39 bits per heavy atom. The molecule has 2 N–H and O–H groups in total. The molecule has 31 heavy (non-hydrogen) atoms.